The van der Waals surface area contributed by atoms with E-state index in [1.54, 1.807) is 36.4 Å². The van der Waals surface area contributed by atoms with Gasteiger partial charge in [0.25, 0.3) is 0 Å². The molecule has 0 aliphatic carbocycles. The van der Waals surface area contributed by atoms with Crippen molar-refractivity contribution in [1.82, 2.24) is 8.87 Å². The summed E-state index contributed by atoms with van der Waals surface area (Å²) >= 11 is 0. The molecule has 0 aliphatic heterocycles. The highest BCUT2D eigenvalue weighted by Crippen LogP contribution is 2.24. The molecule has 0 radical (unpaired) electrons. The topological polar surface area (TPSA) is 42.3 Å². The molecule has 0 atom stereocenters. The molecule has 1 heterocycles. The average molecular weight is 366 g/mol. The summed E-state index contributed by atoms with van der Waals surface area (Å²) in [5, 5.41) is 1.10. The monoisotopic (exact) mass is 366 g/mol. The number of sulfonamides is 1. The molecule has 1 aromatic heterocycles. The van der Waals surface area contributed by atoms with Crippen molar-refractivity contribution in [3.63, 3.8) is 0 Å². The maximum Gasteiger partial charge on any atom is 0.243 e. The molecule has 0 amide bonds. The molecule has 0 spiro atoms. The van der Waals surface area contributed by atoms with Crippen LogP contribution in [0.5, 0.6) is 0 Å². The minimum absolute atomic E-state index is 0.210. The Morgan fingerprint density at radius 2 is 1.88 bits per heavy atom. The number of benzene rings is 2. The summed E-state index contributed by atoms with van der Waals surface area (Å²) in [5.41, 5.74) is 2.81. The third kappa shape index (κ3) is 3.49. The van der Waals surface area contributed by atoms with Crippen molar-refractivity contribution >= 4 is 26.5 Å². The molecule has 26 heavy (non-hydrogen) atoms. The number of rotatable bonds is 7. The Labute approximate surface area is 154 Å². The fraction of sp³-hybridized carbons (Fsp3) is 0.143. The maximum absolute atomic E-state index is 12.9. The summed E-state index contributed by atoms with van der Waals surface area (Å²) in [4.78, 5) is 0.271. The van der Waals surface area contributed by atoms with E-state index in [0.29, 0.717) is 0 Å². The standard InChI is InChI=1S/C21H22N2O2S/c1-4-13-23(26(24,25)20-8-6-5-7-9-20)16-17(2)18-10-11-21-19(15-18)12-14-22(21)3/h4-12,14-15H,1-2,13,16H2,3H3. The molecule has 2 aromatic carbocycles. The van der Waals surface area contributed by atoms with E-state index in [1.165, 1.54) is 4.31 Å². The van der Waals surface area contributed by atoms with Crippen LogP contribution in [0.1, 0.15) is 5.56 Å². The first-order valence-electron chi connectivity index (χ1n) is 8.33. The first kappa shape index (κ1) is 18.2. The van der Waals surface area contributed by atoms with Crippen molar-refractivity contribution in [2.75, 3.05) is 13.1 Å². The average Bonchev–Trinajstić information content (AvgIpc) is 3.02. The van der Waals surface area contributed by atoms with Crippen molar-refractivity contribution in [3.8, 4) is 0 Å². The molecule has 4 nitrogen and oxygen atoms in total. The molecule has 0 unspecified atom stereocenters. The normalized spacial score (nSPS) is 11.8. The highest BCUT2D eigenvalue weighted by atomic mass is 32.2. The second kappa shape index (κ2) is 7.32. The van der Waals surface area contributed by atoms with Gasteiger partial charge in [-0.1, -0.05) is 36.9 Å². The second-order valence-electron chi connectivity index (χ2n) is 6.20. The third-order valence-electron chi connectivity index (χ3n) is 4.37. The van der Waals surface area contributed by atoms with E-state index in [9.17, 15) is 8.42 Å². The van der Waals surface area contributed by atoms with Gasteiger partial charge in [-0.15, -0.1) is 6.58 Å². The fourth-order valence-corrected chi connectivity index (χ4v) is 4.37. The van der Waals surface area contributed by atoms with E-state index >= 15 is 0 Å². The van der Waals surface area contributed by atoms with Crippen molar-refractivity contribution in [2.24, 2.45) is 7.05 Å². The first-order chi connectivity index (χ1) is 12.4. The van der Waals surface area contributed by atoms with Crippen molar-refractivity contribution in [2.45, 2.75) is 4.90 Å². The van der Waals surface area contributed by atoms with Crippen LogP contribution in [0, 0.1) is 0 Å². The first-order valence-corrected chi connectivity index (χ1v) is 9.77. The van der Waals surface area contributed by atoms with Gasteiger partial charge in [0.2, 0.25) is 10.0 Å². The summed E-state index contributed by atoms with van der Waals surface area (Å²) in [7, 11) is -1.61. The van der Waals surface area contributed by atoms with Crippen molar-refractivity contribution < 1.29 is 8.42 Å². The Hall–Kier alpha value is -2.63. The number of hydrogen-bond donors (Lipinski definition) is 0. The smallest absolute Gasteiger partial charge is 0.243 e. The number of fused-ring (bicyclic) bond motifs is 1. The van der Waals surface area contributed by atoms with Gasteiger partial charge in [-0.2, -0.15) is 4.31 Å². The lowest BCUT2D eigenvalue weighted by Crippen LogP contribution is -2.32. The Morgan fingerprint density at radius 1 is 1.15 bits per heavy atom. The summed E-state index contributed by atoms with van der Waals surface area (Å²) < 4.78 is 29.3. The molecule has 3 aromatic rings. The van der Waals surface area contributed by atoms with Crippen molar-refractivity contribution in [3.05, 3.63) is 85.6 Å². The van der Waals surface area contributed by atoms with Crippen LogP contribution in [0.25, 0.3) is 16.5 Å². The van der Waals surface area contributed by atoms with Crippen LogP contribution < -0.4 is 0 Å². The number of aryl methyl sites for hydroxylation is 1. The zero-order valence-electron chi connectivity index (χ0n) is 14.8. The lowest BCUT2D eigenvalue weighted by Gasteiger charge is -2.22. The maximum atomic E-state index is 12.9. The van der Waals surface area contributed by atoms with Crippen LogP contribution in [0.2, 0.25) is 0 Å². The van der Waals surface area contributed by atoms with Crippen LogP contribution in [-0.2, 0) is 17.1 Å². The molecule has 134 valence electrons. The van der Waals surface area contributed by atoms with Crippen molar-refractivity contribution in [1.29, 1.82) is 0 Å². The van der Waals surface area contributed by atoms with Crippen LogP contribution in [0.4, 0.5) is 0 Å². The van der Waals surface area contributed by atoms with Gasteiger partial charge in [-0.3, -0.25) is 0 Å². The van der Waals surface area contributed by atoms with Gasteiger partial charge in [-0.25, -0.2) is 8.42 Å². The number of aromatic nitrogens is 1. The van der Waals surface area contributed by atoms with Gasteiger partial charge in [0.05, 0.1) is 4.90 Å². The predicted molar refractivity (Wildman–Crippen MR) is 107 cm³/mol. The molecular formula is C21H22N2O2S. The van der Waals surface area contributed by atoms with Gasteiger partial charge in [0.1, 0.15) is 0 Å². The number of nitrogens with zero attached hydrogens (tertiary/aromatic N) is 2. The zero-order valence-corrected chi connectivity index (χ0v) is 15.6. The molecule has 0 aliphatic rings. The van der Waals surface area contributed by atoms with E-state index < -0.39 is 10.0 Å². The minimum atomic E-state index is -3.61. The lowest BCUT2D eigenvalue weighted by molar-refractivity contribution is 0.478. The molecule has 3 rings (SSSR count). The Balaban J connectivity index is 1.89. The number of hydrogen-bond acceptors (Lipinski definition) is 2. The fourth-order valence-electron chi connectivity index (χ4n) is 2.94. The van der Waals surface area contributed by atoms with Gasteiger partial charge in [0, 0.05) is 37.2 Å². The molecule has 0 saturated carbocycles. The second-order valence-corrected chi connectivity index (χ2v) is 8.14. The van der Waals surface area contributed by atoms with Gasteiger partial charge in [-0.05, 0) is 41.5 Å². The zero-order chi connectivity index (χ0) is 18.7. The third-order valence-corrected chi connectivity index (χ3v) is 6.20. The molecule has 0 N–H and O–H groups in total. The minimum Gasteiger partial charge on any atom is -0.351 e. The van der Waals surface area contributed by atoms with Crippen LogP contribution in [0.3, 0.4) is 0 Å². The van der Waals surface area contributed by atoms with E-state index in [0.717, 1.165) is 22.0 Å². The van der Waals surface area contributed by atoms with Crippen LogP contribution >= 0.6 is 0 Å². The molecule has 0 fully saturated rings. The van der Waals surface area contributed by atoms with Gasteiger partial charge in [0.15, 0.2) is 0 Å². The van der Waals surface area contributed by atoms with E-state index in [2.05, 4.69) is 13.2 Å². The Morgan fingerprint density at radius 3 is 2.58 bits per heavy atom. The quantitative estimate of drug-likeness (QED) is 0.592. The summed E-state index contributed by atoms with van der Waals surface area (Å²) in [6, 6.07) is 16.5. The van der Waals surface area contributed by atoms with E-state index in [-0.39, 0.29) is 18.0 Å². The van der Waals surface area contributed by atoms with Crippen LogP contribution in [0.15, 0.2) is 84.9 Å². The highest BCUT2D eigenvalue weighted by molar-refractivity contribution is 7.89. The lowest BCUT2D eigenvalue weighted by atomic mass is 10.1. The molecule has 5 heteroatoms. The Bertz CT molecular complexity index is 1050. The largest absolute Gasteiger partial charge is 0.351 e. The predicted octanol–water partition coefficient (Wildman–Crippen LogP) is 4.07. The summed E-state index contributed by atoms with van der Waals surface area (Å²) in [6.07, 6.45) is 3.59. The molecule has 0 saturated heterocycles. The van der Waals surface area contributed by atoms with E-state index in [4.69, 9.17) is 0 Å². The molecular weight excluding hydrogens is 344 g/mol. The van der Waals surface area contributed by atoms with E-state index in [1.807, 2.05) is 42.1 Å². The van der Waals surface area contributed by atoms with Gasteiger partial charge >= 0.3 is 0 Å². The Kier molecular flexibility index (Phi) is 5.11. The highest BCUT2D eigenvalue weighted by Gasteiger charge is 2.24. The SMILES string of the molecule is C=CCN(CC(=C)c1ccc2c(ccn2C)c1)S(=O)(=O)c1ccccc1. The molecule has 0 bridgehead atoms. The summed E-state index contributed by atoms with van der Waals surface area (Å²) in [6.45, 7) is 8.25. The summed E-state index contributed by atoms with van der Waals surface area (Å²) in [5.74, 6) is 0. The van der Waals surface area contributed by atoms with Gasteiger partial charge < -0.3 is 4.57 Å². The van der Waals surface area contributed by atoms with Crippen LogP contribution in [-0.4, -0.2) is 30.4 Å².